The van der Waals surface area contributed by atoms with Gasteiger partial charge in [0.05, 0.1) is 11.5 Å². The molecule has 1 N–H and O–H groups in total. The third kappa shape index (κ3) is 4.98. The molecule has 3 rings (SSSR count). The van der Waals surface area contributed by atoms with Gasteiger partial charge in [0.25, 0.3) is 5.91 Å². The Labute approximate surface area is 166 Å². The minimum atomic E-state index is -3.63. The zero-order chi connectivity index (χ0) is 20.1. The van der Waals surface area contributed by atoms with Crippen molar-refractivity contribution < 1.29 is 18.0 Å². The van der Waals surface area contributed by atoms with Crippen molar-refractivity contribution >= 4 is 15.9 Å². The first-order valence-electron chi connectivity index (χ1n) is 9.42. The maximum Gasteiger partial charge on any atom is 0.274 e. The third-order valence-electron chi connectivity index (χ3n) is 4.82. The molecule has 1 heterocycles. The summed E-state index contributed by atoms with van der Waals surface area (Å²) in [4.78, 5) is 17.7. The van der Waals surface area contributed by atoms with Crippen LogP contribution in [0, 0.1) is 11.8 Å². The van der Waals surface area contributed by atoms with E-state index in [0.717, 1.165) is 12.0 Å². The molecular weight excluding hydrogens is 376 g/mol. The fourth-order valence-electron chi connectivity index (χ4n) is 3.57. The molecule has 28 heavy (non-hydrogen) atoms. The zero-order valence-corrected chi connectivity index (χ0v) is 17.0. The Morgan fingerprint density at radius 1 is 1.07 bits per heavy atom. The van der Waals surface area contributed by atoms with E-state index in [1.165, 1.54) is 16.4 Å². The Hall–Kier alpha value is -2.22. The van der Waals surface area contributed by atoms with E-state index in [1.807, 2.05) is 30.3 Å². The largest absolute Gasteiger partial charge is 0.274 e. The molecule has 6 nitrogen and oxygen atoms in total. The molecule has 0 aromatic heterocycles. The predicted octanol–water partition coefficient (Wildman–Crippen LogP) is 3.21. The van der Waals surface area contributed by atoms with Gasteiger partial charge in [0.15, 0.2) is 0 Å². The number of rotatable bonds is 6. The zero-order valence-electron chi connectivity index (χ0n) is 16.2. The molecule has 1 aliphatic heterocycles. The van der Waals surface area contributed by atoms with Crippen LogP contribution in [0.5, 0.6) is 0 Å². The van der Waals surface area contributed by atoms with Crippen molar-refractivity contribution in [3.63, 3.8) is 0 Å². The van der Waals surface area contributed by atoms with Crippen molar-refractivity contribution in [1.82, 2.24) is 9.79 Å². The Morgan fingerprint density at radius 2 is 1.75 bits per heavy atom. The van der Waals surface area contributed by atoms with Crippen LogP contribution in [0.4, 0.5) is 0 Å². The van der Waals surface area contributed by atoms with Crippen LogP contribution in [-0.4, -0.2) is 31.7 Å². The topological polar surface area (TPSA) is 75.7 Å². The first kappa shape index (κ1) is 20.5. The van der Waals surface area contributed by atoms with Gasteiger partial charge in [0.1, 0.15) is 0 Å². The summed E-state index contributed by atoms with van der Waals surface area (Å²) in [7, 11) is -3.63. The van der Waals surface area contributed by atoms with Crippen molar-refractivity contribution in [1.29, 1.82) is 0 Å². The lowest BCUT2D eigenvalue weighted by atomic mass is 9.94. The van der Waals surface area contributed by atoms with Gasteiger partial charge in [-0.15, -0.1) is 0 Å². The number of nitrogens with zero attached hydrogens (tertiary/aromatic N) is 1. The molecule has 2 aromatic rings. The van der Waals surface area contributed by atoms with E-state index in [-0.39, 0.29) is 17.1 Å². The molecule has 0 aliphatic carbocycles. The third-order valence-corrected chi connectivity index (χ3v) is 6.64. The molecule has 150 valence electrons. The fraction of sp³-hybridized carbons (Fsp3) is 0.381. The highest BCUT2D eigenvalue weighted by atomic mass is 32.2. The van der Waals surface area contributed by atoms with Gasteiger partial charge in [-0.05, 0) is 42.0 Å². The molecule has 1 amide bonds. The lowest BCUT2D eigenvalue weighted by molar-refractivity contribution is 0.0233. The van der Waals surface area contributed by atoms with Crippen LogP contribution in [0.1, 0.15) is 36.2 Å². The second kappa shape index (κ2) is 8.86. The Bertz CT molecular complexity index is 905. The summed E-state index contributed by atoms with van der Waals surface area (Å²) in [6, 6.07) is 15.5. The van der Waals surface area contributed by atoms with Gasteiger partial charge in [-0.2, -0.15) is 4.31 Å². The number of carbonyl (C=O) groups excluding carboxylic acids is 1. The van der Waals surface area contributed by atoms with E-state index >= 15 is 0 Å². The van der Waals surface area contributed by atoms with Gasteiger partial charge in [-0.3, -0.25) is 9.63 Å². The van der Waals surface area contributed by atoms with E-state index in [2.05, 4.69) is 19.3 Å². The standard InChI is InChI=1S/C21H26N2O4S/c1-16-11-17(2)14-23(13-16)28(25,26)20-10-6-9-19(12-20)21(24)22-27-15-18-7-4-3-5-8-18/h3-10,12,16-17H,11,13-15H2,1-2H3,(H,22,24). The monoisotopic (exact) mass is 402 g/mol. The number of nitrogens with one attached hydrogen (secondary N) is 1. The van der Waals surface area contributed by atoms with Crippen molar-refractivity contribution in [3.8, 4) is 0 Å². The Balaban J connectivity index is 1.68. The number of sulfonamides is 1. The summed E-state index contributed by atoms with van der Waals surface area (Å²) < 4.78 is 27.6. The molecule has 7 heteroatoms. The molecule has 0 spiro atoms. The van der Waals surface area contributed by atoms with Crippen LogP contribution >= 0.6 is 0 Å². The van der Waals surface area contributed by atoms with Crippen LogP contribution in [0.2, 0.25) is 0 Å². The van der Waals surface area contributed by atoms with Gasteiger partial charge >= 0.3 is 0 Å². The molecule has 2 unspecified atom stereocenters. The smallest absolute Gasteiger partial charge is 0.269 e. The minimum absolute atomic E-state index is 0.129. The number of amides is 1. The van der Waals surface area contributed by atoms with Crippen LogP contribution in [0.3, 0.4) is 0 Å². The Morgan fingerprint density at radius 3 is 2.43 bits per heavy atom. The molecule has 1 saturated heterocycles. The van der Waals surface area contributed by atoms with E-state index in [0.29, 0.717) is 24.9 Å². The van der Waals surface area contributed by atoms with Crippen molar-refractivity contribution in [3.05, 3.63) is 65.7 Å². The van der Waals surface area contributed by atoms with Gasteiger partial charge in [0, 0.05) is 18.7 Å². The van der Waals surface area contributed by atoms with Crippen LogP contribution in [-0.2, 0) is 21.5 Å². The molecule has 0 saturated carbocycles. The molecule has 2 aromatic carbocycles. The van der Waals surface area contributed by atoms with Gasteiger partial charge < -0.3 is 0 Å². The quantitative estimate of drug-likeness (QED) is 0.753. The average molecular weight is 403 g/mol. The Kier molecular flexibility index (Phi) is 6.49. The molecule has 1 aliphatic rings. The number of hydrogen-bond acceptors (Lipinski definition) is 4. The van der Waals surface area contributed by atoms with Gasteiger partial charge in [-0.1, -0.05) is 50.2 Å². The fourth-order valence-corrected chi connectivity index (χ4v) is 5.29. The normalized spacial score (nSPS) is 20.6. The SMILES string of the molecule is CC1CC(C)CN(S(=O)(=O)c2cccc(C(=O)NOCc3ccccc3)c2)C1. The first-order chi connectivity index (χ1) is 13.4. The van der Waals surface area contributed by atoms with Gasteiger partial charge in [-0.25, -0.2) is 13.9 Å². The molecule has 2 atom stereocenters. The number of hydrogen-bond donors (Lipinski definition) is 1. The van der Waals surface area contributed by atoms with Gasteiger partial charge in [0.2, 0.25) is 10.0 Å². The molecule has 0 radical (unpaired) electrons. The average Bonchev–Trinajstić information content (AvgIpc) is 2.68. The summed E-state index contributed by atoms with van der Waals surface area (Å²) in [5, 5.41) is 0. The van der Waals surface area contributed by atoms with E-state index in [9.17, 15) is 13.2 Å². The summed E-state index contributed by atoms with van der Waals surface area (Å²) >= 11 is 0. The summed E-state index contributed by atoms with van der Waals surface area (Å²) in [6.45, 7) is 5.36. The minimum Gasteiger partial charge on any atom is -0.269 e. The molecule has 0 bridgehead atoms. The molecule has 1 fully saturated rings. The maximum atomic E-state index is 13.0. The highest BCUT2D eigenvalue weighted by Crippen LogP contribution is 2.27. The number of benzene rings is 2. The first-order valence-corrected chi connectivity index (χ1v) is 10.9. The highest BCUT2D eigenvalue weighted by molar-refractivity contribution is 7.89. The van der Waals surface area contributed by atoms with Crippen molar-refractivity contribution in [2.45, 2.75) is 31.8 Å². The number of hydroxylamine groups is 1. The van der Waals surface area contributed by atoms with E-state index in [1.54, 1.807) is 12.1 Å². The number of carbonyl (C=O) groups is 1. The number of piperidine rings is 1. The second-order valence-electron chi connectivity index (χ2n) is 7.50. The lowest BCUT2D eigenvalue weighted by Gasteiger charge is -2.34. The summed E-state index contributed by atoms with van der Waals surface area (Å²) in [5.41, 5.74) is 3.54. The summed E-state index contributed by atoms with van der Waals surface area (Å²) in [5.74, 6) is 0.154. The molecular formula is C21H26N2O4S. The highest BCUT2D eigenvalue weighted by Gasteiger charge is 2.31. The van der Waals surface area contributed by atoms with Crippen LogP contribution in [0.25, 0.3) is 0 Å². The van der Waals surface area contributed by atoms with E-state index < -0.39 is 15.9 Å². The second-order valence-corrected chi connectivity index (χ2v) is 9.44. The van der Waals surface area contributed by atoms with Crippen molar-refractivity contribution in [2.24, 2.45) is 11.8 Å². The lowest BCUT2D eigenvalue weighted by Crippen LogP contribution is -2.42. The van der Waals surface area contributed by atoms with Crippen LogP contribution < -0.4 is 5.48 Å². The summed E-state index contributed by atoms with van der Waals surface area (Å²) in [6.07, 6.45) is 1.02. The predicted molar refractivity (Wildman–Crippen MR) is 107 cm³/mol. The van der Waals surface area contributed by atoms with Crippen molar-refractivity contribution in [2.75, 3.05) is 13.1 Å². The van der Waals surface area contributed by atoms with E-state index in [4.69, 9.17) is 4.84 Å². The maximum absolute atomic E-state index is 13.0. The van der Waals surface area contributed by atoms with Crippen LogP contribution in [0.15, 0.2) is 59.5 Å².